The van der Waals surface area contributed by atoms with Gasteiger partial charge < -0.3 is 14.8 Å². The molecular weight excluding hydrogens is 277 g/mol. The Hall–Kier alpha value is -2.11. The summed E-state index contributed by atoms with van der Waals surface area (Å²) in [6.45, 7) is 3.50. The number of carbonyl (C=O) groups excluding carboxylic acids is 2. The van der Waals surface area contributed by atoms with Gasteiger partial charge in [0.1, 0.15) is 5.54 Å². The molecule has 1 amide bonds. The van der Waals surface area contributed by atoms with Gasteiger partial charge in [-0.3, -0.25) is 4.79 Å². The van der Waals surface area contributed by atoms with Crippen LogP contribution in [0, 0.1) is 5.82 Å². The Morgan fingerprint density at radius 1 is 1.33 bits per heavy atom. The lowest BCUT2D eigenvalue weighted by Gasteiger charge is -2.27. The topological polar surface area (TPSA) is 64.6 Å². The fraction of sp³-hybridized carbons (Fsp3) is 0.467. The van der Waals surface area contributed by atoms with E-state index in [1.807, 2.05) is 6.92 Å². The van der Waals surface area contributed by atoms with Gasteiger partial charge in [0.25, 0.3) is 5.91 Å². The minimum absolute atomic E-state index is 0.0297. The van der Waals surface area contributed by atoms with Gasteiger partial charge >= 0.3 is 5.97 Å². The number of amides is 1. The second kappa shape index (κ2) is 7.06. The molecule has 0 radical (unpaired) electrons. The van der Waals surface area contributed by atoms with Gasteiger partial charge in [0.15, 0.2) is 11.6 Å². The molecule has 0 aliphatic carbocycles. The van der Waals surface area contributed by atoms with E-state index in [0.29, 0.717) is 12.8 Å². The molecule has 1 atom stereocenters. The molecular formula is C15H20FNO4. The molecule has 0 spiro atoms. The van der Waals surface area contributed by atoms with E-state index in [-0.39, 0.29) is 11.3 Å². The van der Waals surface area contributed by atoms with Gasteiger partial charge in [-0.05, 0) is 31.5 Å². The first-order valence-electron chi connectivity index (χ1n) is 6.62. The molecule has 0 saturated carbocycles. The van der Waals surface area contributed by atoms with Gasteiger partial charge in [-0.1, -0.05) is 13.3 Å². The van der Waals surface area contributed by atoms with Crippen molar-refractivity contribution in [1.29, 1.82) is 0 Å². The molecule has 1 aromatic carbocycles. The largest absolute Gasteiger partial charge is 0.494 e. The summed E-state index contributed by atoms with van der Waals surface area (Å²) >= 11 is 0. The molecule has 116 valence electrons. The van der Waals surface area contributed by atoms with Crippen molar-refractivity contribution in [2.45, 2.75) is 32.2 Å². The molecule has 0 aliphatic heterocycles. The predicted octanol–water partition coefficient (Wildman–Crippen LogP) is 2.30. The van der Waals surface area contributed by atoms with Crippen molar-refractivity contribution in [1.82, 2.24) is 5.32 Å². The second-order valence-electron chi connectivity index (χ2n) is 4.88. The fourth-order valence-electron chi connectivity index (χ4n) is 2.06. The first kappa shape index (κ1) is 16.9. The molecule has 0 heterocycles. The third kappa shape index (κ3) is 3.93. The Kier molecular flexibility index (Phi) is 5.69. The molecule has 0 saturated heterocycles. The van der Waals surface area contributed by atoms with E-state index in [0.717, 1.165) is 6.07 Å². The van der Waals surface area contributed by atoms with Crippen LogP contribution in [-0.4, -0.2) is 31.6 Å². The van der Waals surface area contributed by atoms with Crippen molar-refractivity contribution in [2.24, 2.45) is 0 Å². The Balaban J connectivity index is 2.99. The number of nitrogens with one attached hydrogen (secondary N) is 1. The lowest BCUT2D eigenvalue weighted by molar-refractivity contribution is -0.147. The molecule has 6 heteroatoms. The van der Waals surface area contributed by atoms with Crippen LogP contribution in [0.15, 0.2) is 18.2 Å². The third-order valence-corrected chi connectivity index (χ3v) is 3.19. The number of hydrogen-bond donors (Lipinski definition) is 1. The number of esters is 1. The highest BCUT2D eigenvalue weighted by Gasteiger charge is 2.35. The van der Waals surface area contributed by atoms with Crippen LogP contribution in [-0.2, 0) is 9.53 Å². The highest BCUT2D eigenvalue weighted by molar-refractivity contribution is 5.98. The molecule has 1 N–H and O–H groups in total. The van der Waals surface area contributed by atoms with E-state index in [4.69, 9.17) is 9.47 Å². The SMILES string of the molecule is CCCC(C)(NC(=O)c1ccc(F)c(OC)c1)C(=O)OC. The van der Waals surface area contributed by atoms with E-state index < -0.39 is 23.2 Å². The molecule has 0 aromatic heterocycles. The first-order valence-corrected chi connectivity index (χ1v) is 6.62. The Morgan fingerprint density at radius 2 is 2.00 bits per heavy atom. The number of benzene rings is 1. The van der Waals surface area contributed by atoms with Crippen molar-refractivity contribution < 1.29 is 23.5 Å². The number of methoxy groups -OCH3 is 2. The summed E-state index contributed by atoms with van der Waals surface area (Å²) in [6.07, 6.45) is 1.13. The lowest BCUT2D eigenvalue weighted by Crippen LogP contribution is -2.52. The summed E-state index contributed by atoms with van der Waals surface area (Å²) in [5.41, 5.74) is -0.915. The fourth-order valence-corrected chi connectivity index (χ4v) is 2.06. The molecule has 21 heavy (non-hydrogen) atoms. The minimum atomic E-state index is -1.12. The van der Waals surface area contributed by atoms with Crippen molar-refractivity contribution in [3.63, 3.8) is 0 Å². The maximum absolute atomic E-state index is 13.3. The summed E-state index contributed by atoms with van der Waals surface area (Å²) in [7, 11) is 2.58. The summed E-state index contributed by atoms with van der Waals surface area (Å²) in [5.74, 6) is -1.60. The highest BCUT2D eigenvalue weighted by atomic mass is 19.1. The van der Waals surface area contributed by atoms with E-state index in [1.165, 1.54) is 26.4 Å². The van der Waals surface area contributed by atoms with Crippen molar-refractivity contribution >= 4 is 11.9 Å². The summed E-state index contributed by atoms with van der Waals surface area (Å²) in [4.78, 5) is 24.1. The monoisotopic (exact) mass is 297 g/mol. The highest BCUT2D eigenvalue weighted by Crippen LogP contribution is 2.20. The zero-order chi connectivity index (χ0) is 16.0. The average molecular weight is 297 g/mol. The van der Waals surface area contributed by atoms with Crippen molar-refractivity contribution in [3.8, 4) is 5.75 Å². The maximum atomic E-state index is 13.3. The van der Waals surface area contributed by atoms with E-state index in [9.17, 15) is 14.0 Å². The minimum Gasteiger partial charge on any atom is -0.494 e. The molecule has 0 bridgehead atoms. The molecule has 1 rings (SSSR count). The van der Waals surface area contributed by atoms with Gasteiger partial charge in [0, 0.05) is 5.56 Å². The molecule has 0 aliphatic rings. The second-order valence-corrected chi connectivity index (χ2v) is 4.88. The van der Waals surface area contributed by atoms with Gasteiger partial charge in [-0.2, -0.15) is 0 Å². The molecule has 5 nitrogen and oxygen atoms in total. The van der Waals surface area contributed by atoms with Crippen LogP contribution in [0.5, 0.6) is 5.75 Å². The lowest BCUT2D eigenvalue weighted by atomic mass is 9.95. The number of ether oxygens (including phenoxy) is 2. The van der Waals surface area contributed by atoms with Crippen LogP contribution >= 0.6 is 0 Å². The molecule has 1 aromatic rings. The van der Waals surface area contributed by atoms with E-state index in [1.54, 1.807) is 6.92 Å². The maximum Gasteiger partial charge on any atom is 0.331 e. The number of carbonyl (C=O) groups is 2. The van der Waals surface area contributed by atoms with E-state index >= 15 is 0 Å². The average Bonchev–Trinajstić information content (AvgIpc) is 2.46. The number of rotatable bonds is 6. The standard InChI is InChI=1S/C15H20FNO4/c1-5-8-15(2,14(19)21-4)17-13(18)10-6-7-11(16)12(9-10)20-3/h6-7,9H,5,8H2,1-4H3,(H,17,18). The molecule has 1 unspecified atom stereocenters. The first-order chi connectivity index (χ1) is 9.87. The predicted molar refractivity (Wildman–Crippen MR) is 75.7 cm³/mol. The normalized spacial score (nSPS) is 13.2. The van der Waals surface area contributed by atoms with Crippen LogP contribution in [0.4, 0.5) is 4.39 Å². The third-order valence-electron chi connectivity index (χ3n) is 3.19. The van der Waals surface area contributed by atoms with Crippen LogP contribution in [0.3, 0.4) is 0 Å². The van der Waals surface area contributed by atoms with Crippen LogP contribution in [0.2, 0.25) is 0 Å². The summed E-state index contributed by atoms with van der Waals surface area (Å²) in [6, 6.07) is 3.76. The van der Waals surface area contributed by atoms with Crippen LogP contribution in [0.1, 0.15) is 37.0 Å². The summed E-state index contributed by atoms with van der Waals surface area (Å²) in [5, 5.41) is 2.64. The summed E-state index contributed by atoms with van der Waals surface area (Å²) < 4.78 is 22.9. The van der Waals surface area contributed by atoms with Crippen molar-refractivity contribution in [2.75, 3.05) is 14.2 Å². The van der Waals surface area contributed by atoms with Gasteiger partial charge in [-0.25, -0.2) is 9.18 Å². The Morgan fingerprint density at radius 3 is 2.52 bits per heavy atom. The Bertz CT molecular complexity index is 532. The van der Waals surface area contributed by atoms with Gasteiger partial charge in [0.05, 0.1) is 14.2 Å². The zero-order valence-corrected chi connectivity index (χ0v) is 12.7. The molecule has 0 fully saturated rings. The quantitative estimate of drug-likeness (QED) is 0.818. The van der Waals surface area contributed by atoms with Crippen LogP contribution < -0.4 is 10.1 Å². The van der Waals surface area contributed by atoms with Gasteiger partial charge in [-0.15, -0.1) is 0 Å². The zero-order valence-electron chi connectivity index (χ0n) is 12.7. The number of hydrogen-bond acceptors (Lipinski definition) is 4. The van der Waals surface area contributed by atoms with Gasteiger partial charge in [0.2, 0.25) is 0 Å². The Labute approximate surface area is 123 Å². The van der Waals surface area contributed by atoms with E-state index in [2.05, 4.69) is 5.32 Å². The van der Waals surface area contributed by atoms with Crippen LogP contribution in [0.25, 0.3) is 0 Å². The smallest absolute Gasteiger partial charge is 0.331 e. The number of halogens is 1. The van der Waals surface area contributed by atoms with Crippen molar-refractivity contribution in [3.05, 3.63) is 29.6 Å².